The van der Waals surface area contributed by atoms with Gasteiger partial charge in [-0.05, 0) is 32.4 Å². The lowest BCUT2D eigenvalue weighted by Crippen LogP contribution is -2.21. The number of hydrogen-bond acceptors (Lipinski definition) is 6. The van der Waals surface area contributed by atoms with E-state index in [4.69, 9.17) is 4.74 Å². The van der Waals surface area contributed by atoms with E-state index in [9.17, 15) is 25.2 Å². The second-order valence-corrected chi connectivity index (χ2v) is 6.60. The fourth-order valence-corrected chi connectivity index (χ4v) is 3.00. The van der Waals surface area contributed by atoms with Crippen LogP contribution in [0.2, 0.25) is 0 Å². The molecular formula is C20H20O6. The maximum absolute atomic E-state index is 12.6. The summed E-state index contributed by atoms with van der Waals surface area (Å²) in [6.45, 7) is 3.80. The third kappa shape index (κ3) is 3.31. The smallest absolute Gasteiger partial charge is 0.174 e. The van der Waals surface area contributed by atoms with Gasteiger partial charge in [-0.3, -0.25) is 4.79 Å². The van der Waals surface area contributed by atoms with E-state index in [0.717, 1.165) is 5.57 Å². The summed E-state index contributed by atoms with van der Waals surface area (Å²) >= 11 is 0. The number of carbonyl (C=O) groups is 1. The molecule has 2 aromatic carbocycles. The fourth-order valence-electron chi connectivity index (χ4n) is 3.00. The number of phenols is 4. The number of ketones is 1. The number of fused-ring (bicyclic) bond motifs is 1. The highest BCUT2D eigenvalue weighted by atomic mass is 16.5. The zero-order valence-electron chi connectivity index (χ0n) is 14.5. The van der Waals surface area contributed by atoms with Crippen molar-refractivity contribution < 1.29 is 30.0 Å². The van der Waals surface area contributed by atoms with E-state index in [1.54, 1.807) is 0 Å². The van der Waals surface area contributed by atoms with Crippen molar-refractivity contribution in [1.29, 1.82) is 0 Å². The molecule has 0 bridgehead atoms. The number of Topliss-reactive ketones (excluding diaryl/α,β-unsaturated/α-hetero) is 1. The molecule has 6 heteroatoms. The maximum Gasteiger partial charge on any atom is 0.174 e. The molecule has 1 unspecified atom stereocenters. The molecular weight excluding hydrogens is 336 g/mol. The molecule has 1 heterocycles. The quantitative estimate of drug-likeness (QED) is 0.624. The molecule has 1 atom stereocenters. The lowest BCUT2D eigenvalue weighted by molar-refractivity contribution is 0.0843. The highest BCUT2D eigenvalue weighted by Crippen LogP contribution is 2.45. The van der Waals surface area contributed by atoms with E-state index >= 15 is 0 Å². The summed E-state index contributed by atoms with van der Waals surface area (Å²) in [7, 11) is 0. The molecule has 0 spiro atoms. The van der Waals surface area contributed by atoms with Gasteiger partial charge in [0.1, 0.15) is 40.4 Å². The molecule has 26 heavy (non-hydrogen) atoms. The first-order chi connectivity index (χ1) is 12.3. The first-order valence-corrected chi connectivity index (χ1v) is 8.20. The van der Waals surface area contributed by atoms with Crippen molar-refractivity contribution in [2.24, 2.45) is 0 Å². The third-order valence-corrected chi connectivity index (χ3v) is 4.28. The van der Waals surface area contributed by atoms with Crippen LogP contribution < -0.4 is 4.74 Å². The van der Waals surface area contributed by atoms with Gasteiger partial charge in [0.2, 0.25) is 0 Å². The van der Waals surface area contributed by atoms with Crippen LogP contribution in [0, 0.1) is 0 Å². The lowest BCUT2D eigenvalue weighted by atomic mass is 9.92. The van der Waals surface area contributed by atoms with Crippen LogP contribution in [0.15, 0.2) is 35.9 Å². The Kier molecular flexibility index (Phi) is 4.50. The molecule has 136 valence electrons. The molecule has 0 amide bonds. The van der Waals surface area contributed by atoms with E-state index in [1.807, 2.05) is 19.9 Å². The highest BCUT2D eigenvalue weighted by molar-refractivity contribution is 6.03. The Bertz CT molecular complexity index is 889. The van der Waals surface area contributed by atoms with Gasteiger partial charge in [0.15, 0.2) is 5.78 Å². The zero-order valence-corrected chi connectivity index (χ0v) is 14.5. The second kappa shape index (κ2) is 6.63. The first-order valence-electron chi connectivity index (χ1n) is 8.20. The van der Waals surface area contributed by atoms with Crippen molar-refractivity contribution in [3.63, 3.8) is 0 Å². The average molecular weight is 356 g/mol. The molecule has 2 aromatic rings. The Morgan fingerprint density at radius 1 is 1.12 bits per heavy atom. The molecule has 0 fully saturated rings. The molecule has 1 aliphatic heterocycles. The molecule has 0 saturated heterocycles. The van der Waals surface area contributed by atoms with Gasteiger partial charge in [-0.15, -0.1) is 0 Å². The van der Waals surface area contributed by atoms with Crippen molar-refractivity contribution in [1.82, 2.24) is 0 Å². The van der Waals surface area contributed by atoms with Crippen molar-refractivity contribution in [3.05, 3.63) is 52.6 Å². The van der Waals surface area contributed by atoms with Crippen LogP contribution in [0.5, 0.6) is 28.7 Å². The highest BCUT2D eigenvalue weighted by Gasteiger charge is 2.32. The SMILES string of the molecule is CC(C)=CCc1c(O)cc2c(c1O)C(=O)CC(c1cc(O)cc(O)c1)O2. The summed E-state index contributed by atoms with van der Waals surface area (Å²) in [4.78, 5) is 12.6. The van der Waals surface area contributed by atoms with E-state index < -0.39 is 6.10 Å². The molecule has 0 aliphatic carbocycles. The van der Waals surface area contributed by atoms with Crippen LogP contribution in [0.25, 0.3) is 0 Å². The fraction of sp³-hybridized carbons (Fsp3) is 0.250. The Balaban J connectivity index is 2.01. The topological polar surface area (TPSA) is 107 Å². The number of carbonyl (C=O) groups excluding carboxylic acids is 1. The number of rotatable bonds is 3. The molecule has 0 radical (unpaired) electrons. The zero-order chi connectivity index (χ0) is 19.0. The van der Waals surface area contributed by atoms with E-state index in [0.29, 0.717) is 12.0 Å². The molecule has 0 aromatic heterocycles. The lowest BCUT2D eigenvalue weighted by Gasteiger charge is -2.27. The average Bonchev–Trinajstić information content (AvgIpc) is 2.52. The van der Waals surface area contributed by atoms with Gasteiger partial charge in [0.05, 0.1) is 6.42 Å². The predicted octanol–water partition coefficient (Wildman–Crippen LogP) is 3.72. The van der Waals surface area contributed by atoms with Crippen LogP contribution in [-0.4, -0.2) is 26.2 Å². The minimum atomic E-state index is -0.740. The number of phenolic OH excluding ortho intramolecular Hbond substituents is 4. The minimum absolute atomic E-state index is 0.0422. The summed E-state index contributed by atoms with van der Waals surface area (Å²) in [5.41, 5.74) is 1.76. The van der Waals surface area contributed by atoms with Gasteiger partial charge in [-0.25, -0.2) is 0 Å². The number of ether oxygens (including phenoxy) is 1. The number of aromatic hydroxyl groups is 4. The van der Waals surface area contributed by atoms with Gasteiger partial charge in [-0.2, -0.15) is 0 Å². The van der Waals surface area contributed by atoms with Gasteiger partial charge in [0, 0.05) is 23.3 Å². The van der Waals surface area contributed by atoms with E-state index in [-0.39, 0.29) is 52.1 Å². The third-order valence-electron chi connectivity index (χ3n) is 4.28. The van der Waals surface area contributed by atoms with Crippen molar-refractivity contribution in [2.75, 3.05) is 0 Å². The van der Waals surface area contributed by atoms with Crippen LogP contribution in [-0.2, 0) is 6.42 Å². The number of hydrogen-bond donors (Lipinski definition) is 4. The molecule has 4 N–H and O–H groups in total. The normalized spacial score (nSPS) is 15.9. The van der Waals surface area contributed by atoms with Gasteiger partial charge in [-0.1, -0.05) is 11.6 Å². The van der Waals surface area contributed by atoms with E-state index in [1.165, 1.54) is 24.3 Å². The molecule has 6 nitrogen and oxygen atoms in total. The monoisotopic (exact) mass is 356 g/mol. The number of allylic oxidation sites excluding steroid dienone is 2. The van der Waals surface area contributed by atoms with Crippen molar-refractivity contribution in [2.45, 2.75) is 32.8 Å². The summed E-state index contributed by atoms with van der Waals surface area (Å²) < 4.78 is 5.76. The molecule has 3 rings (SSSR count). The Morgan fingerprint density at radius 2 is 1.77 bits per heavy atom. The van der Waals surface area contributed by atoms with Crippen LogP contribution >= 0.6 is 0 Å². The number of benzene rings is 2. The summed E-state index contributed by atoms with van der Waals surface area (Å²) in [6, 6.07) is 5.28. The van der Waals surface area contributed by atoms with Gasteiger partial charge >= 0.3 is 0 Å². The van der Waals surface area contributed by atoms with E-state index in [2.05, 4.69) is 0 Å². The van der Waals surface area contributed by atoms with Gasteiger partial charge < -0.3 is 25.2 Å². The van der Waals surface area contributed by atoms with Crippen LogP contribution in [0.3, 0.4) is 0 Å². The summed E-state index contributed by atoms with van der Waals surface area (Å²) in [5.74, 6) is -1.00. The molecule has 0 saturated carbocycles. The minimum Gasteiger partial charge on any atom is -0.508 e. The van der Waals surface area contributed by atoms with Crippen LogP contribution in [0.1, 0.15) is 47.9 Å². The standard InChI is InChI=1S/C20H20O6/c1-10(2)3-4-14-15(23)8-18-19(20(14)25)16(24)9-17(26-18)11-5-12(21)7-13(22)6-11/h3,5-8,17,21-23,25H,4,9H2,1-2H3. The Morgan fingerprint density at radius 3 is 2.38 bits per heavy atom. The first kappa shape index (κ1) is 17.7. The largest absolute Gasteiger partial charge is 0.508 e. The molecule has 1 aliphatic rings. The summed E-state index contributed by atoms with van der Waals surface area (Å²) in [5, 5.41) is 40.0. The van der Waals surface area contributed by atoms with Crippen molar-refractivity contribution >= 4 is 5.78 Å². The summed E-state index contributed by atoms with van der Waals surface area (Å²) in [6.07, 6.45) is 1.34. The second-order valence-electron chi connectivity index (χ2n) is 6.60. The Labute approximate surface area is 150 Å². The Hall–Kier alpha value is -3.15. The predicted molar refractivity (Wildman–Crippen MR) is 95.0 cm³/mol. The van der Waals surface area contributed by atoms with Crippen LogP contribution in [0.4, 0.5) is 0 Å². The maximum atomic E-state index is 12.6. The van der Waals surface area contributed by atoms with Crippen molar-refractivity contribution in [3.8, 4) is 28.7 Å². The van der Waals surface area contributed by atoms with Gasteiger partial charge in [0.25, 0.3) is 0 Å².